The number of rotatable bonds is 5. The zero-order chi connectivity index (χ0) is 18.6. The van der Waals surface area contributed by atoms with Crippen LogP contribution in [0.15, 0.2) is 42.5 Å². The van der Waals surface area contributed by atoms with Crippen molar-refractivity contribution in [3.63, 3.8) is 0 Å². The summed E-state index contributed by atoms with van der Waals surface area (Å²) in [4.78, 5) is 12.5. The van der Waals surface area contributed by atoms with Crippen molar-refractivity contribution in [2.45, 2.75) is 19.1 Å². The van der Waals surface area contributed by atoms with E-state index in [0.29, 0.717) is 17.1 Å². The molecular formula is C18H18F3NO3. The summed E-state index contributed by atoms with van der Waals surface area (Å²) in [5.41, 5.74) is 0.105. The molecule has 4 nitrogen and oxygen atoms in total. The first-order valence-electron chi connectivity index (χ1n) is 7.47. The van der Waals surface area contributed by atoms with E-state index in [1.807, 2.05) is 0 Å². The average molecular weight is 353 g/mol. The standard InChI is InChI=1S/C18H18F3NO3/c1-11(12-7-9-13(10-8-12)18(19,20)21)22-17(23)14-5-4-6-15(24-2)16(14)25-3/h4-11H,1-3H3,(H,22,23). The molecule has 0 saturated carbocycles. The van der Waals surface area contributed by atoms with Crippen LogP contribution in [0.1, 0.15) is 34.5 Å². The van der Waals surface area contributed by atoms with Gasteiger partial charge in [-0.25, -0.2) is 0 Å². The van der Waals surface area contributed by atoms with Crippen LogP contribution in [-0.2, 0) is 6.18 Å². The summed E-state index contributed by atoms with van der Waals surface area (Å²) in [6.45, 7) is 1.69. The highest BCUT2D eigenvalue weighted by Crippen LogP contribution is 2.32. The Balaban J connectivity index is 2.18. The molecule has 0 radical (unpaired) electrons. The van der Waals surface area contributed by atoms with Gasteiger partial charge in [-0.15, -0.1) is 0 Å². The lowest BCUT2D eigenvalue weighted by atomic mass is 10.0. The van der Waals surface area contributed by atoms with Crippen molar-refractivity contribution in [1.29, 1.82) is 0 Å². The summed E-state index contributed by atoms with van der Waals surface area (Å²) in [7, 11) is 2.89. The first-order valence-corrected chi connectivity index (χ1v) is 7.47. The van der Waals surface area contributed by atoms with Gasteiger partial charge in [0.1, 0.15) is 0 Å². The Morgan fingerprint density at radius 3 is 2.20 bits per heavy atom. The summed E-state index contributed by atoms with van der Waals surface area (Å²) < 4.78 is 48.2. The second-order valence-electron chi connectivity index (χ2n) is 5.36. The molecule has 2 aromatic rings. The van der Waals surface area contributed by atoms with E-state index in [1.54, 1.807) is 25.1 Å². The molecule has 0 aliphatic heterocycles. The number of carbonyl (C=O) groups is 1. The Labute approximate surface area is 143 Å². The van der Waals surface area contributed by atoms with E-state index in [9.17, 15) is 18.0 Å². The van der Waals surface area contributed by atoms with Gasteiger partial charge in [-0.3, -0.25) is 4.79 Å². The molecule has 2 rings (SSSR count). The number of alkyl halides is 3. The number of amides is 1. The number of benzene rings is 2. The lowest BCUT2D eigenvalue weighted by Gasteiger charge is -2.17. The van der Waals surface area contributed by atoms with Crippen molar-refractivity contribution in [2.24, 2.45) is 0 Å². The van der Waals surface area contributed by atoms with Gasteiger partial charge in [-0.2, -0.15) is 13.2 Å². The maximum Gasteiger partial charge on any atom is 0.416 e. The van der Waals surface area contributed by atoms with Gasteiger partial charge in [-0.05, 0) is 36.8 Å². The number of para-hydroxylation sites is 1. The van der Waals surface area contributed by atoms with Crippen molar-refractivity contribution in [1.82, 2.24) is 5.32 Å². The molecule has 7 heteroatoms. The Morgan fingerprint density at radius 1 is 1.04 bits per heavy atom. The number of hydrogen-bond donors (Lipinski definition) is 1. The van der Waals surface area contributed by atoms with Crippen LogP contribution in [-0.4, -0.2) is 20.1 Å². The number of halogens is 3. The first-order chi connectivity index (χ1) is 11.8. The van der Waals surface area contributed by atoms with E-state index in [4.69, 9.17) is 9.47 Å². The minimum atomic E-state index is -4.39. The largest absolute Gasteiger partial charge is 0.493 e. The molecule has 0 aliphatic rings. The summed E-state index contributed by atoms with van der Waals surface area (Å²) >= 11 is 0. The molecule has 1 unspecified atom stereocenters. The van der Waals surface area contributed by atoms with Gasteiger partial charge >= 0.3 is 6.18 Å². The second kappa shape index (κ2) is 7.46. The van der Waals surface area contributed by atoms with Crippen molar-refractivity contribution in [2.75, 3.05) is 14.2 Å². The number of methoxy groups -OCH3 is 2. The normalized spacial score (nSPS) is 12.4. The van der Waals surface area contributed by atoms with Crippen LogP contribution in [0.2, 0.25) is 0 Å². The third-order valence-corrected chi connectivity index (χ3v) is 3.73. The van der Waals surface area contributed by atoms with Crippen LogP contribution in [0.4, 0.5) is 13.2 Å². The summed E-state index contributed by atoms with van der Waals surface area (Å²) in [5.74, 6) is 0.294. The molecule has 0 heterocycles. The third kappa shape index (κ3) is 4.23. The van der Waals surface area contributed by atoms with Crippen LogP contribution in [0.3, 0.4) is 0 Å². The fourth-order valence-electron chi connectivity index (χ4n) is 2.38. The highest BCUT2D eigenvalue weighted by molar-refractivity contribution is 5.98. The lowest BCUT2D eigenvalue weighted by molar-refractivity contribution is -0.137. The van der Waals surface area contributed by atoms with E-state index in [0.717, 1.165) is 12.1 Å². The Kier molecular flexibility index (Phi) is 5.56. The third-order valence-electron chi connectivity index (χ3n) is 3.73. The lowest BCUT2D eigenvalue weighted by Crippen LogP contribution is -2.27. The number of nitrogens with one attached hydrogen (secondary N) is 1. The van der Waals surface area contributed by atoms with E-state index < -0.39 is 23.7 Å². The highest BCUT2D eigenvalue weighted by Gasteiger charge is 2.30. The molecule has 2 aromatic carbocycles. The second-order valence-corrected chi connectivity index (χ2v) is 5.36. The van der Waals surface area contributed by atoms with Gasteiger partial charge in [0.25, 0.3) is 5.91 Å². The van der Waals surface area contributed by atoms with Crippen molar-refractivity contribution < 1.29 is 27.4 Å². The molecule has 0 bridgehead atoms. The van der Waals surface area contributed by atoms with Gasteiger partial charge in [0.05, 0.1) is 31.4 Å². The first kappa shape index (κ1) is 18.6. The summed E-state index contributed by atoms with van der Waals surface area (Å²) in [6.07, 6.45) is -4.39. The van der Waals surface area contributed by atoms with Gasteiger partial charge in [0.2, 0.25) is 0 Å². The fraction of sp³-hybridized carbons (Fsp3) is 0.278. The maximum absolute atomic E-state index is 12.6. The number of carbonyl (C=O) groups excluding carboxylic acids is 1. The molecule has 1 N–H and O–H groups in total. The van der Waals surface area contributed by atoms with Crippen molar-refractivity contribution in [3.8, 4) is 11.5 Å². The number of hydrogen-bond acceptors (Lipinski definition) is 3. The molecule has 134 valence electrons. The Morgan fingerprint density at radius 2 is 1.68 bits per heavy atom. The summed E-state index contributed by atoms with van der Waals surface area (Å²) in [6, 6.07) is 9.08. The minimum absolute atomic E-state index is 0.278. The van der Waals surface area contributed by atoms with Crippen LogP contribution in [0, 0.1) is 0 Å². The highest BCUT2D eigenvalue weighted by atomic mass is 19.4. The van der Waals surface area contributed by atoms with Crippen LogP contribution < -0.4 is 14.8 Å². The van der Waals surface area contributed by atoms with Gasteiger partial charge in [-0.1, -0.05) is 18.2 Å². The van der Waals surface area contributed by atoms with Crippen molar-refractivity contribution in [3.05, 3.63) is 59.2 Å². The van der Waals surface area contributed by atoms with Gasteiger partial charge < -0.3 is 14.8 Å². The smallest absolute Gasteiger partial charge is 0.416 e. The van der Waals surface area contributed by atoms with Gasteiger partial charge in [0.15, 0.2) is 11.5 Å². The quantitative estimate of drug-likeness (QED) is 0.876. The average Bonchev–Trinajstić information content (AvgIpc) is 2.60. The molecule has 0 aliphatic carbocycles. The van der Waals surface area contributed by atoms with Crippen LogP contribution >= 0.6 is 0 Å². The molecule has 25 heavy (non-hydrogen) atoms. The molecule has 1 amide bonds. The number of ether oxygens (including phenoxy) is 2. The Bertz CT molecular complexity index is 742. The van der Waals surface area contributed by atoms with Crippen molar-refractivity contribution >= 4 is 5.91 Å². The fourth-order valence-corrected chi connectivity index (χ4v) is 2.38. The zero-order valence-corrected chi connectivity index (χ0v) is 14.0. The monoisotopic (exact) mass is 353 g/mol. The zero-order valence-electron chi connectivity index (χ0n) is 14.0. The van der Waals surface area contributed by atoms with E-state index >= 15 is 0 Å². The molecule has 0 fully saturated rings. The Hall–Kier alpha value is -2.70. The van der Waals surface area contributed by atoms with Crippen LogP contribution in [0.5, 0.6) is 11.5 Å². The SMILES string of the molecule is COc1cccc(C(=O)NC(C)c2ccc(C(F)(F)F)cc2)c1OC. The molecule has 1 atom stereocenters. The van der Waals surface area contributed by atoms with E-state index in [1.165, 1.54) is 26.4 Å². The van der Waals surface area contributed by atoms with Crippen LogP contribution in [0.25, 0.3) is 0 Å². The summed E-state index contributed by atoms with van der Waals surface area (Å²) in [5, 5.41) is 2.74. The molecule has 0 saturated heterocycles. The topological polar surface area (TPSA) is 47.6 Å². The predicted octanol–water partition coefficient (Wildman–Crippen LogP) is 4.21. The molecular weight excluding hydrogens is 335 g/mol. The van der Waals surface area contributed by atoms with E-state index in [2.05, 4.69) is 5.32 Å². The predicted molar refractivity (Wildman–Crippen MR) is 86.9 cm³/mol. The maximum atomic E-state index is 12.6. The molecule has 0 aromatic heterocycles. The molecule has 0 spiro atoms. The minimum Gasteiger partial charge on any atom is -0.493 e. The van der Waals surface area contributed by atoms with Gasteiger partial charge in [0, 0.05) is 0 Å². The van der Waals surface area contributed by atoms with E-state index in [-0.39, 0.29) is 5.56 Å².